The van der Waals surface area contributed by atoms with Gasteiger partial charge in [-0.15, -0.1) is 0 Å². The Bertz CT molecular complexity index is 440. The van der Waals surface area contributed by atoms with Crippen LogP contribution in [0.5, 0.6) is 0 Å². The lowest BCUT2D eigenvalue weighted by molar-refractivity contribution is -0.124. The molecular weight excluding hydrogens is 294 g/mol. The Hall–Kier alpha value is -1.40. The molecule has 2 N–H and O–H groups in total. The molecule has 2 atom stereocenters. The Labute approximate surface area is 138 Å². The van der Waals surface area contributed by atoms with Gasteiger partial charge in [0.15, 0.2) is 0 Å². The third-order valence-corrected chi connectivity index (χ3v) is 4.23. The number of carbonyl (C=O) groups excluding carboxylic acids is 2. The number of hydrogen-bond acceptors (Lipinski definition) is 4. The maximum Gasteiger partial charge on any atom is 0.321 e. The molecule has 1 fully saturated rings. The molecule has 1 saturated heterocycles. The molecular formula is C17H29N3O3. The van der Waals surface area contributed by atoms with Gasteiger partial charge in [0.2, 0.25) is 5.91 Å². The number of hydrogen-bond donors (Lipinski definition) is 2. The third kappa shape index (κ3) is 6.71. The Kier molecular flexibility index (Phi) is 7.05. The lowest BCUT2D eigenvalue weighted by Gasteiger charge is -2.34. The van der Waals surface area contributed by atoms with Gasteiger partial charge in [0, 0.05) is 19.6 Å². The summed E-state index contributed by atoms with van der Waals surface area (Å²) in [6.45, 7) is 6.23. The molecule has 6 nitrogen and oxygen atoms in total. The van der Waals surface area contributed by atoms with Crippen molar-refractivity contribution in [3.63, 3.8) is 0 Å². The molecule has 0 radical (unpaired) electrons. The van der Waals surface area contributed by atoms with E-state index in [1.54, 1.807) is 0 Å². The van der Waals surface area contributed by atoms with E-state index < -0.39 is 6.03 Å². The van der Waals surface area contributed by atoms with Crippen LogP contribution in [-0.2, 0) is 9.53 Å². The van der Waals surface area contributed by atoms with E-state index in [4.69, 9.17) is 4.74 Å². The molecule has 0 aromatic rings. The van der Waals surface area contributed by atoms with E-state index in [2.05, 4.69) is 16.7 Å². The number of rotatable bonds is 5. The van der Waals surface area contributed by atoms with E-state index in [-0.39, 0.29) is 24.7 Å². The summed E-state index contributed by atoms with van der Waals surface area (Å²) >= 11 is 0. The molecule has 23 heavy (non-hydrogen) atoms. The van der Waals surface area contributed by atoms with Crippen LogP contribution in [0.1, 0.15) is 46.0 Å². The Balaban J connectivity index is 1.62. The minimum atomic E-state index is -0.402. The van der Waals surface area contributed by atoms with Crippen LogP contribution < -0.4 is 10.6 Å². The maximum absolute atomic E-state index is 11.9. The highest BCUT2D eigenvalue weighted by Crippen LogP contribution is 2.19. The van der Waals surface area contributed by atoms with Crippen LogP contribution in [0, 0.1) is 0 Å². The highest BCUT2D eigenvalue weighted by Gasteiger charge is 2.24. The van der Waals surface area contributed by atoms with Gasteiger partial charge >= 0.3 is 6.03 Å². The first-order valence-electron chi connectivity index (χ1n) is 8.66. The summed E-state index contributed by atoms with van der Waals surface area (Å²) in [5.74, 6) is -0.263. The molecule has 1 aliphatic heterocycles. The number of ether oxygens (including phenoxy) is 1. The smallest absolute Gasteiger partial charge is 0.321 e. The quantitative estimate of drug-likeness (QED) is 0.757. The van der Waals surface area contributed by atoms with Crippen molar-refractivity contribution in [1.29, 1.82) is 0 Å². The first kappa shape index (κ1) is 17.9. The molecule has 130 valence electrons. The van der Waals surface area contributed by atoms with E-state index in [0.29, 0.717) is 19.6 Å². The lowest BCUT2D eigenvalue weighted by atomic mass is 9.97. The predicted octanol–water partition coefficient (Wildman–Crippen LogP) is 1.81. The Morgan fingerprint density at radius 1 is 1.26 bits per heavy atom. The zero-order chi connectivity index (χ0) is 16.7. The molecule has 0 aromatic carbocycles. The Morgan fingerprint density at radius 2 is 2.00 bits per heavy atom. The van der Waals surface area contributed by atoms with Gasteiger partial charge in [-0.05, 0) is 46.0 Å². The van der Waals surface area contributed by atoms with Crippen LogP contribution in [0.15, 0.2) is 11.6 Å². The van der Waals surface area contributed by atoms with Gasteiger partial charge in [-0.1, -0.05) is 11.6 Å². The Morgan fingerprint density at radius 3 is 2.65 bits per heavy atom. The maximum atomic E-state index is 11.9. The minimum Gasteiger partial charge on any atom is -0.373 e. The second-order valence-corrected chi connectivity index (χ2v) is 6.61. The zero-order valence-electron chi connectivity index (χ0n) is 14.3. The van der Waals surface area contributed by atoms with Crippen LogP contribution in [0.2, 0.25) is 0 Å². The van der Waals surface area contributed by atoms with E-state index in [9.17, 15) is 9.59 Å². The van der Waals surface area contributed by atoms with E-state index in [0.717, 1.165) is 19.3 Å². The van der Waals surface area contributed by atoms with Gasteiger partial charge in [-0.25, -0.2) is 4.79 Å². The van der Waals surface area contributed by atoms with E-state index in [1.807, 2.05) is 18.7 Å². The fourth-order valence-corrected chi connectivity index (χ4v) is 3.30. The first-order valence-corrected chi connectivity index (χ1v) is 8.66. The normalized spacial score (nSPS) is 25.6. The summed E-state index contributed by atoms with van der Waals surface area (Å²) in [7, 11) is 0. The fraction of sp³-hybridized carbons (Fsp3) is 0.765. The van der Waals surface area contributed by atoms with E-state index >= 15 is 0 Å². The van der Waals surface area contributed by atoms with Crippen LogP contribution >= 0.6 is 0 Å². The molecule has 1 heterocycles. The molecule has 0 saturated carbocycles. The summed E-state index contributed by atoms with van der Waals surface area (Å²) in [5.41, 5.74) is 1.42. The number of imide groups is 1. The number of morpholine rings is 1. The topological polar surface area (TPSA) is 70.7 Å². The lowest BCUT2D eigenvalue weighted by Crippen LogP contribution is -2.51. The summed E-state index contributed by atoms with van der Waals surface area (Å²) in [4.78, 5) is 25.7. The van der Waals surface area contributed by atoms with Crippen molar-refractivity contribution in [1.82, 2.24) is 15.5 Å². The SMILES string of the molecule is CC1CN(CC(=O)NC(=O)NCCC2=CCCCC2)CC(C)O1. The van der Waals surface area contributed by atoms with Crippen LogP contribution in [0.4, 0.5) is 4.79 Å². The van der Waals surface area contributed by atoms with Crippen molar-refractivity contribution in [3.8, 4) is 0 Å². The predicted molar refractivity (Wildman–Crippen MR) is 89.2 cm³/mol. The monoisotopic (exact) mass is 323 g/mol. The second-order valence-electron chi connectivity index (χ2n) is 6.61. The van der Waals surface area contributed by atoms with Gasteiger partial charge in [0.05, 0.1) is 18.8 Å². The van der Waals surface area contributed by atoms with Crippen molar-refractivity contribution < 1.29 is 14.3 Å². The zero-order valence-corrected chi connectivity index (χ0v) is 14.3. The first-order chi connectivity index (χ1) is 11.0. The number of allylic oxidation sites excluding steroid dienone is 1. The van der Waals surface area contributed by atoms with Crippen molar-refractivity contribution in [2.75, 3.05) is 26.2 Å². The van der Waals surface area contributed by atoms with Gasteiger partial charge < -0.3 is 10.1 Å². The third-order valence-electron chi connectivity index (χ3n) is 4.23. The standard InChI is InChI=1S/C17H29N3O3/c1-13-10-20(11-14(2)23-13)12-16(21)19-17(22)18-9-8-15-6-4-3-5-7-15/h6,13-14H,3-5,7-12H2,1-2H3,(H2,18,19,21,22). The minimum absolute atomic E-state index is 0.115. The van der Waals surface area contributed by atoms with Crippen molar-refractivity contribution in [2.24, 2.45) is 0 Å². The molecule has 0 spiro atoms. The number of urea groups is 1. The average molecular weight is 323 g/mol. The molecule has 2 rings (SSSR count). The second kappa shape index (κ2) is 9.03. The summed E-state index contributed by atoms with van der Waals surface area (Å²) in [5, 5.41) is 5.16. The molecule has 0 bridgehead atoms. The highest BCUT2D eigenvalue weighted by atomic mass is 16.5. The fourth-order valence-electron chi connectivity index (χ4n) is 3.30. The highest BCUT2D eigenvalue weighted by molar-refractivity contribution is 5.95. The molecule has 0 aromatic heterocycles. The molecule has 3 amide bonds. The van der Waals surface area contributed by atoms with Crippen LogP contribution in [0.25, 0.3) is 0 Å². The molecule has 2 aliphatic rings. The van der Waals surface area contributed by atoms with E-state index in [1.165, 1.54) is 18.4 Å². The van der Waals surface area contributed by atoms with Gasteiger partial charge in [-0.2, -0.15) is 0 Å². The summed E-state index contributed by atoms with van der Waals surface area (Å²) in [6.07, 6.45) is 8.17. The van der Waals surface area contributed by atoms with Crippen molar-refractivity contribution >= 4 is 11.9 Å². The summed E-state index contributed by atoms with van der Waals surface area (Å²) < 4.78 is 5.63. The number of carbonyl (C=O) groups is 2. The number of nitrogens with one attached hydrogen (secondary N) is 2. The van der Waals surface area contributed by atoms with Crippen LogP contribution in [0.3, 0.4) is 0 Å². The number of amides is 3. The van der Waals surface area contributed by atoms with Gasteiger partial charge in [0.25, 0.3) is 0 Å². The van der Waals surface area contributed by atoms with Crippen molar-refractivity contribution in [2.45, 2.75) is 58.2 Å². The van der Waals surface area contributed by atoms with Gasteiger partial charge in [-0.3, -0.25) is 15.0 Å². The molecule has 6 heteroatoms. The van der Waals surface area contributed by atoms with Crippen molar-refractivity contribution in [3.05, 3.63) is 11.6 Å². The average Bonchev–Trinajstić information content (AvgIpc) is 2.47. The largest absolute Gasteiger partial charge is 0.373 e. The molecule has 1 aliphatic carbocycles. The van der Waals surface area contributed by atoms with Gasteiger partial charge in [0.1, 0.15) is 0 Å². The van der Waals surface area contributed by atoms with Crippen LogP contribution in [-0.4, -0.2) is 55.2 Å². The number of nitrogens with zero attached hydrogens (tertiary/aromatic N) is 1. The molecule has 2 unspecified atom stereocenters. The summed E-state index contributed by atoms with van der Waals surface area (Å²) in [6, 6.07) is -0.402.